The van der Waals surface area contributed by atoms with E-state index >= 15 is 0 Å². The Balaban J connectivity index is 1.69. The predicted molar refractivity (Wildman–Crippen MR) is 72.9 cm³/mol. The van der Waals surface area contributed by atoms with Gasteiger partial charge < -0.3 is 10.1 Å². The molecule has 112 valence electrons. The van der Waals surface area contributed by atoms with Crippen molar-refractivity contribution in [1.29, 1.82) is 0 Å². The molecule has 1 heterocycles. The highest BCUT2D eigenvalue weighted by atomic mass is 19.4. The number of ether oxygens (including phenoxy) is 1. The normalized spacial score (nSPS) is 11.4. The van der Waals surface area contributed by atoms with Gasteiger partial charge in [0.15, 0.2) is 0 Å². The monoisotopic (exact) mass is 296 g/mol. The van der Waals surface area contributed by atoms with E-state index in [4.69, 9.17) is 4.74 Å². The third-order valence-electron chi connectivity index (χ3n) is 2.76. The summed E-state index contributed by atoms with van der Waals surface area (Å²) in [5.74, 6) is 0.419. The molecule has 1 N–H and O–H groups in total. The number of aromatic nitrogens is 1. The lowest BCUT2D eigenvalue weighted by atomic mass is 10.2. The zero-order valence-electron chi connectivity index (χ0n) is 11.2. The number of rotatable bonds is 6. The second-order valence-electron chi connectivity index (χ2n) is 4.37. The first-order valence-corrected chi connectivity index (χ1v) is 6.46. The van der Waals surface area contributed by atoms with Crippen LogP contribution in [0.3, 0.4) is 0 Å². The highest BCUT2D eigenvalue weighted by molar-refractivity contribution is 5.28. The van der Waals surface area contributed by atoms with Crippen molar-refractivity contribution in [3.05, 3.63) is 59.9 Å². The van der Waals surface area contributed by atoms with Gasteiger partial charge in [-0.15, -0.1) is 0 Å². The summed E-state index contributed by atoms with van der Waals surface area (Å²) >= 11 is 0. The lowest BCUT2D eigenvalue weighted by Gasteiger charge is -2.09. The van der Waals surface area contributed by atoms with E-state index in [9.17, 15) is 13.2 Å². The maximum absolute atomic E-state index is 12.4. The fraction of sp³-hybridized carbons (Fsp3) is 0.267. The van der Waals surface area contributed by atoms with Crippen LogP contribution in [-0.4, -0.2) is 18.1 Å². The molecule has 0 bridgehead atoms. The SMILES string of the molecule is FC(F)(F)c1ccc(OCCNCc2ccccn2)cc1. The lowest BCUT2D eigenvalue weighted by Crippen LogP contribution is -2.21. The highest BCUT2D eigenvalue weighted by Gasteiger charge is 2.29. The quantitative estimate of drug-likeness (QED) is 0.831. The number of alkyl halides is 3. The Morgan fingerprint density at radius 1 is 1.05 bits per heavy atom. The molecule has 0 unspecified atom stereocenters. The van der Waals surface area contributed by atoms with E-state index in [0.29, 0.717) is 25.4 Å². The molecule has 1 aromatic carbocycles. The summed E-state index contributed by atoms with van der Waals surface area (Å²) < 4.78 is 42.5. The molecule has 0 aliphatic heterocycles. The minimum absolute atomic E-state index is 0.373. The Bertz CT molecular complexity index is 541. The van der Waals surface area contributed by atoms with E-state index in [2.05, 4.69) is 10.3 Å². The predicted octanol–water partition coefficient (Wildman–Crippen LogP) is 3.27. The smallest absolute Gasteiger partial charge is 0.416 e. The Morgan fingerprint density at radius 3 is 2.43 bits per heavy atom. The number of benzene rings is 1. The van der Waals surface area contributed by atoms with E-state index < -0.39 is 11.7 Å². The molecule has 0 aliphatic rings. The van der Waals surface area contributed by atoms with Gasteiger partial charge in [0.25, 0.3) is 0 Å². The number of pyridine rings is 1. The zero-order chi connectivity index (χ0) is 15.1. The Labute approximate surface area is 120 Å². The van der Waals surface area contributed by atoms with Gasteiger partial charge in [-0.2, -0.15) is 13.2 Å². The van der Waals surface area contributed by atoms with Crippen molar-refractivity contribution >= 4 is 0 Å². The molecule has 21 heavy (non-hydrogen) atoms. The van der Waals surface area contributed by atoms with E-state index in [0.717, 1.165) is 17.8 Å². The third-order valence-corrected chi connectivity index (χ3v) is 2.76. The van der Waals surface area contributed by atoms with Crippen molar-refractivity contribution < 1.29 is 17.9 Å². The van der Waals surface area contributed by atoms with Crippen LogP contribution in [0.15, 0.2) is 48.7 Å². The van der Waals surface area contributed by atoms with Crippen LogP contribution in [0.4, 0.5) is 13.2 Å². The highest BCUT2D eigenvalue weighted by Crippen LogP contribution is 2.30. The van der Waals surface area contributed by atoms with Crippen LogP contribution in [0.25, 0.3) is 0 Å². The fourth-order valence-electron chi connectivity index (χ4n) is 1.70. The summed E-state index contributed by atoms with van der Waals surface area (Å²) in [6.07, 6.45) is -2.60. The molecule has 0 amide bonds. The van der Waals surface area contributed by atoms with Crippen molar-refractivity contribution in [2.45, 2.75) is 12.7 Å². The lowest BCUT2D eigenvalue weighted by molar-refractivity contribution is -0.137. The maximum Gasteiger partial charge on any atom is 0.416 e. The molecule has 1 aromatic heterocycles. The van der Waals surface area contributed by atoms with Gasteiger partial charge in [0.1, 0.15) is 12.4 Å². The van der Waals surface area contributed by atoms with Crippen LogP contribution in [0.1, 0.15) is 11.3 Å². The molecule has 2 aromatic rings. The maximum atomic E-state index is 12.4. The second kappa shape index (κ2) is 7.08. The molecule has 3 nitrogen and oxygen atoms in total. The summed E-state index contributed by atoms with van der Waals surface area (Å²) in [5, 5.41) is 3.14. The standard InChI is InChI=1S/C15H15F3N2O/c16-15(17,18)12-4-6-14(7-5-12)21-10-9-19-11-13-3-1-2-8-20-13/h1-8,19H,9-11H2. The Hall–Kier alpha value is -2.08. The summed E-state index contributed by atoms with van der Waals surface area (Å²) in [6, 6.07) is 10.3. The Kier molecular flexibility index (Phi) is 5.16. The molecule has 0 saturated carbocycles. The molecule has 0 aliphatic carbocycles. The van der Waals surface area contributed by atoms with Gasteiger partial charge in [-0.1, -0.05) is 6.07 Å². The minimum Gasteiger partial charge on any atom is -0.492 e. The molecule has 0 saturated heterocycles. The van der Waals surface area contributed by atoms with Gasteiger partial charge in [0.05, 0.1) is 11.3 Å². The summed E-state index contributed by atoms with van der Waals surface area (Å²) in [4.78, 5) is 4.16. The van der Waals surface area contributed by atoms with Crippen LogP contribution in [0, 0.1) is 0 Å². The minimum atomic E-state index is -4.32. The molecule has 0 radical (unpaired) electrons. The van der Waals surface area contributed by atoms with Gasteiger partial charge in [-0.05, 0) is 36.4 Å². The van der Waals surface area contributed by atoms with Gasteiger partial charge in [0, 0.05) is 19.3 Å². The number of hydrogen-bond donors (Lipinski definition) is 1. The summed E-state index contributed by atoms with van der Waals surface area (Å²) in [7, 11) is 0. The molecular formula is C15H15F3N2O. The average molecular weight is 296 g/mol. The van der Waals surface area contributed by atoms with Gasteiger partial charge >= 0.3 is 6.18 Å². The topological polar surface area (TPSA) is 34.1 Å². The van der Waals surface area contributed by atoms with Crippen molar-refractivity contribution in [3.63, 3.8) is 0 Å². The molecule has 2 rings (SSSR count). The van der Waals surface area contributed by atoms with Crippen LogP contribution in [0.5, 0.6) is 5.75 Å². The summed E-state index contributed by atoms with van der Waals surface area (Å²) in [6.45, 7) is 1.58. The van der Waals surface area contributed by atoms with Crippen molar-refractivity contribution in [2.24, 2.45) is 0 Å². The van der Waals surface area contributed by atoms with Crippen LogP contribution < -0.4 is 10.1 Å². The second-order valence-corrected chi connectivity index (χ2v) is 4.37. The van der Waals surface area contributed by atoms with Gasteiger partial charge in [-0.25, -0.2) is 0 Å². The fourth-order valence-corrected chi connectivity index (χ4v) is 1.70. The molecule has 0 fully saturated rings. The number of nitrogens with zero attached hydrogens (tertiary/aromatic N) is 1. The number of halogens is 3. The first kappa shape index (κ1) is 15.3. The largest absolute Gasteiger partial charge is 0.492 e. The van der Waals surface area contributed by atoms with E-state index in [1.165, 1.54) is 12.1 Å². The van der Waals surface area contributed by atoms with E-state index in [-0.39, 0.29) is 0 Å². The van der Waals surface area contributed by atoms with Crippen molar-refractivity contribution in [1.82, 2.24) is 10.3 Å². The average Bonchev–Trinajstić information content (AvgIpc) is 2.47. The van der Waals surface area contributed by atoms with E-state index in [1.807, 2.05) is 18.2 Å². The first-order chi connectivity index (χ1) is 10.1. The molecule has 0 spiro atoms. The summed E-state index contributed by atoms with van der Waals surface area (Å²) in [5.41, 5.74) is 0.246. The van der Waals surface area contributed by atoms with Gasteiger partial charge in [0.2, 0.25) is 0 Å². The van der Waals surface area contributed by atoms with Crippen LogP contribution in [0.2, 0.25) is 0 Å². The third kappa shape index (κ3) is 5.07. The molecule has 6 heteroatoms. The number of hydrogen-bond acceptors (Lipinski definition) is 3. The number of nitrogens with one attached hydrogen (secondary N) is 1. The molecule has 0 atom stereocenters. The first-order valence-electron chi connectivity index (χ1n) is 6.46. The van der Waals surface area contributed by atoms with Gasteiger partial charge in [-0.3, -0.25) is 4.98 Å². The van der Waals surface area contributed by atoms with Crippen LogP contribution >= 0.6 is 0 Å². The molecular weight excluding hydrogens is 281 g/mol. The van der Waals surface area contributed by atoms with Crippen molar-refractivity contribution in [3.8, 4) is 5.75 Å². The Morgan fingerprint density at radius 2 is 1.81 bits per heavy atom. The van der Waals surface area contributed by atoms with E-state index in [1.54, 1.807) is 6.20 Å². The van der Waals surface area contributed by atoms with Crippen molar-refractivity contribution in [2.75, 3.05) is 13.2 Å². The van der Waals surface area contributed by atoms with Crippen LogP contribution in [-0.2, 0) is 12.7 Å². The zero-order valence-corrected chi connectivity index (χ0v) is 11.2.